The van der Waals surface area contributed by atoms with Crippen molar-refractivity contribution < 1.29 is 0 Å². The first-order chi connectivity index (χ1) is 4.86. The van der Waals surface area contributed by atoms with Crippen LogP contribution in [0.25, 0.3) is 0 Å². The highest BCUT2D eigenvalue weighted by Crippen LogP contribution is 2.15. The van der Waals surface area contributed by atoms with Crippen molar-refractivity contribution in [2.24, 2.45) is 0 Å². The molecule has 1 aliphatic heterocycles. The molecule has 0 saturated heterocycles. The van der Waals surface area contributed by atoms with Gasteiger partial charge in [-0.15, -0.1) is 23.5 Å². The smallest absolute Gasteiger partial charge is 0.0868 e. The van der Waals surface area contributed by atoms with Crippen molar-refractivity contribution >= 4 is 23.5 Å². The number of hydrogen-bond acceptors (Lipinski definition) is 4. The van der Waals surface area contributed by atoms with Crippen LogP contribution in [-0.2, 0) is 0 Å². The standard InChI is InChI=1S/C6H10N2S2/c1-9-5-3-4-6(10-2)8-7-5/h3-4,7-8H,1-2H3. The summed E-state index contributed by atoms with van der Waals surface area (Å²) in [6.45, 7) is 0. The summed E-state index contributed by atoms with van der Waals surface area (Å²) in [5.74, 6) is 0. The molecule has 0 fully saturated rings. The fourth-order valence-electron chi connectivity index (χ4n) is 0.596. The average molecular weight is 174 g/mol. The van der Waals surface area contributed by atoms with E-state index in [0.717, 1.165) is 10.1 Å². The van der Waals surface area contributed by atoms with Crippen molar-refractivity contribution in [1.82, 2.24) is 10.9 Å². The molecule has 56 valence electrons. The first-order valence-corrected chi connectivity index (χ1v) is 5.33. The van der Waals surface area contributed by atoms with Crippen molar-refractivity contribution in [2.45, 2.75) is 0 Å². The zero-order chi connectivity index (χ0) is 7.40. The van der Waals surface area contributed by atoms with Gasteiger partial charge >= 0.3 is 0 Å². The molecule has 0 aromatic heterocycles. The number of rotatable bonds is 2. The van der Waals surface area contributed by atoms with Crippen LogP contribution in [0.4, 0.5) is 0 Å². The van der Waals surface area contributed by atoms with Gasteiger partial charge in [-0.1, -0.05) is 0 Å². The van der Waals surface area contributed by atoms with Crippen molar-refractivity contribution in [1.29, 1.82) is 0 Å². The normalized spacial score (nSPS) is 16.6. The Hall–Kier alpha value is -0.220. The van der Waals surface area contributed by atoms with E-state index in [-0.39, 0.29) is 0 Å². The van der Waals surface area contributed by atoms with Crippen LogP contribution in [0.3, 0.4) is 0 Å². The Kier molecular flexibility index (Phi) is 3.02. The second kappa shape index (κ2) is 3.83. The first-order valence-electron chi connectivity index (χ1n) is 2.89. The summed E-state index contributed by atoms with van der Waals surface area (Å²) in [4.78, 5) is 0. The van der Waals surface area contributed by atoms with Crippen LogP contribution < -0.4 is 10.9 Å². The van der Waals surface area contributed by atoms with Gasteiger partial charge in [0.2, 0.25) is 0 Å². The minimum absolute atomic E-state index is 1.15. The predicted octanol–water partition coefficient (Wildman–Crippen LogP) is 1.50. The third-order valence-corrected chi connectivity index (χ3v) is 2.49. The number of thioether (sulfide) groups is 2. The SMILES string of the molecule is CSC1=CC=C(SC)NN1. The molecule has 2 nitrogen and oxygen atoms in total. The number of hydrazine groups is 1. The van der Waals surface area contributed by atoms with Gasteiger partial charge in [0.25, 0.3) is 0 Å². The molecule has 1 aliphatic rings. The minimum atomic E-state index is 1.15. The van der Waals surface area contributed by atoms with Gasteiger partial charge in [-0.2, -0.15) is 0 Å². The van der Waals surface area contributed by atoms with Crippen LogP contribution in [0.5, 0.6) is 0 Å². The molecule has 10 heavy (non-hydrogen) atoms. The molecule has 0 unspecified atom stereocenters. The van der Waals surface area contributed by atoms with Gasteiger partial charge in [-0.25, -0.2) is 0 Å². The maximum Gasteiger partial charge on any atom is 0.0868 e. The van der Waals surface area contributed by atoms with E-state index in [4.69, 9.17) is 0 Å². The van der Waals surface area contributed by atoms with Crippen LogP contribution in [0.2, 0.25) is 0 Å². The molecule has 0 saturated carbocycles. The third-order valence-electron chi connectivity index (χ3n) is 1.13. The summed E-state index contributed by atoms with van der Waals surface area (Å²) in [6.07, 6.45) is 8.21. The predicted molar refractivity (Wildman–Crippen MR) is 49.5 cm³/mol. The fraction of sp³-hybridized carbons (Fsp3) is 0.333. The molecule has 2 N–H and O–H groups in total. The second-order valence-corrected chi connectivity index (χ2v) is 3.42. The lowest BCUT2D eigenvalue weighted by molar-refractivity contribution is 0.744. The lowest BCUT2D eigenvalue weighted by Crippen LogP contribution is -2.30. The highest BCUT2D eigenvalue weighted by atomic mass is 32.2. The molecule has 0 bridgehead atoms. The van der Waals surface area contributed by atoms with Crippen molar-refractivity contribution in [3.63, 3.8) is 0 Å². The van der Waals surface area contributed by atoms with Gasteiger partial charge < -0.3 is 0 Å². The molecule has 4 heteroatoms. The minimum Gasteiger partial charge on any atom is -0.294 e. The molecule has 0 spiro atoms. The summed E-state index contributed by atoms with van der Waals surface area (Å²) in [6, 6.07) is 0. The highest BCUT2D eigenvalue weighted by molar-refractivity contribution is 8.02. The molecule has 1 rings (SSSR count). The van der Waals surface area contributed by atoms with Gasteiger partial charge in [-0.3, -0.25) is 10.9 Å². The Morgan fingerprint density at radius 2 is 1.40 bits per heavy atom. The van der Waals surface area contributed by atoms with Crippen LogP contribution >= 0.6 is 23.5 Å². The van der Waals surface area contributed by atoms with Gasteiger partial charge in [0.05, 0.1) is 10.1 Å². The Balaban J connectivity index is 2.55. The number of nitrogens with one attached hydrogen (secondary N) is 2. The van der Waals surface area contributed by atoms with Crippen molar-refractivity contribution in [3.8, 4) is 0 Å². The molecular weight excluding hydrogens is 164 g/mol. The van der Waals surface area contributed by atoms with Gasteiger partial charge in [-0.05, 0) is 24.7 Å². The maximum atomic E-state index is 3.05. The zero-order valence-corrected chi connectivity index (χ0v) is 7.60. The van der Waals surface area contributed by atoms with Gasteiger partial charge in [0.15, 0.2) is 0 Å². The quantitative estimate of drug-likeness (QED) is 0.662. The third kappa shape index (κ3) is 1.88. The topological polar surface area (TPSA) is 24.1 Å². The summed E-state index contributed by atoms with van der Waals surface area (Å²) < 4.78 is 0. The van der Waals surface area contributed by atoms with Crippen LogP contribution in [0, 0.1) is 0 Å². The van der Waals surface area contributed by atoms with E-state index in [0.29, 0.717) is 0 Å². The molecule has 0 aromatic rings. The van der Waals surface area contributed by atoms with Crippen LogP contribution in [-0.4, -0.2) is 12.5 Å². The van der Waals surface area contributed by atoms with Crippen LogP contribution in [0.15, 0.2) is 22.2 Å². The lowest BCUT2D eigenvalue weighted by atomic mass is 10.5. The van der Waals surface area contributed by atoms with E-state index in [1.165, 1.54) is 0 Å². The van der Waals surface area contributed by atoms with Crippen molar-refractivity contribution in [3.05, 3.63) is 22.2 Å². The molecule has 0 atom stereocenters. The highest BCUT2D eigenvalue weighted by Gasteiger charge is 1.99. The fourth-order valence-corrected chi connectivity index (χ4v) is 1.31. The molecule has 0 aromatic carbocycles. The van der Waals surface area contributed by atoms with E-state index in [2.05, 4.69) is 23.0 Å². The van der Waals surface area contributed by atoms with E-state index in [1.54, 1.807) is 23.5 Å². The van der Waals surface area contributed by atoms with E-state index in [9.17, 15) is 0 Å². The number of allylic oxidation sites excluding steroid dienone is 2. The maximum absolute atomic E-state index is 3.05. The molecule has 1 heterocycles. The van der Waals surface area contributed by atoms with E-state index in [1.807, 2.05) is 12.5 Å². The monoisotopic (exact) mass is 174 g/mol. The molecule has 0 amide bonds. The largest absolute Gasteiger partial charge is 0.294 e. The Labute approximate surface area is 69.5 Å². The zero-order valence-electron chi connectivity index (χ0n) is 5.97. The van der Waals surface area contributed by atoms with Crippen LogP contribution in [0.1, 0.15) is 0 Å². The molecule has 0 aliphatic carbocycles. The van der Waals surface area contributed by atoms with Gasteiger partial charge in [0, 0.05) is 0 Å². The summed E-state index contributed by atoms with van der Waals surface area (Å²) in [7, 11) is 0. The Morgan fingerprint density at radius 1 is 1.00 bits per heavy atom. The summed E-state index contributed by atoms with van der Waals surface area (Å²) in [5.41, 5.74) is 6.11. The summed E-state index contributed by atoms with van der Waals surface area (Å²) >= 11 is 3.38. The first kappa shape index (κ1) is 7.88. The molecular formula is C6H10N2S2. The summed E-state index contributed by atoms with van der Waals surface area (Å²) in [5, 5.41) is 2.30. The van der Waals surface area contributed by atoms with E-state index >= 15 is 0 Å². The Morgan fingerprint density at radius 3 is 1.60 bits per heavy atom. The number of hydrogen-bond donors (Lipinski definition) is 2. The van der Waals surface area contributed by atoms with Crippen molar-refractivity contribution in [2.75, 3.05) is 12.5 Å². The average Bonchev–Trinajstić information content (AvgIpc) is 2.05. The second-order valence-electron chi connectivity index (χ2n) is 1.72. The van der Waals surface area contributed by atoms with E-state index < -0.39 is 0 Å². The Bertz CT molecular complexity index is 155. The van der Waals surface area contributed by atoms with Gasteiger partial charge in [0.1, 0.15) is 0 Å². The lowest BCUT2D eigenvalue weighted by Gasteiger charge is -2.15. The molecule has 0 radical (unpaired) electrons.